The molecule has 26 heavy (non-hydrogen) atoms. The van der Waals surface area contributed by atoms with Crippen molar-refractivity contribution in [2.24, 2.45) is 0 Å². The second-order valence-electron chi connectivity index (χ2n) is 7.00. The van der Waals surface area contributed by atoms with Gasteiger partial charge in [-0.05, 0) is 42.2 Å². The summed E-state index contributed by atoms with van der Waals surface area (Å²) < 4.78 is 5.16. The Morgan fingerprint density at radius 1 is 1.19 bits per heavy atom. The standard InChI is InChI=1S/C21H22N2O3/c1-26-16-9-6-15(7-10-16)8-11-19(24)23-13-12-21(14-23)17-4-2-3-5-18(17)22-20(21)25/h2-7,9-10H,8,11-14H2,1H3,(H,22,25). The van der Waals surface area contributed by atoms with E-state index in [9.17, 15) is 9.59 Å². The minimum Gasteiger partial charge on any atom is -0.497 e. The van der Waals surface area contributed by atoms with E-state index in [1.807, 2.05) is 53.4 Å². The first kappa shape index (κ1) is 16.6. The first-order valence-electron chi connectivity index (χ1n) is 8.94. The van der Waals surface area contributed by atoms with E-state index in [-0.39, 0.29) is 11.8 Å². The number of aryl methyl sites for hydroxylation is 1. The lowest BCUT2D eigenvalue weighted by Crippen LogP contribution is -2.39. The van der Waals surface area contributed by atoms with Crippen molar-refractivity contribution in [3.05, 3.63) is 59.7 Å². The minimum absolute atomic E-state index is 0.0177. The zero-order valence-electron chi connectivity index (χ0n) is 14.8. The number of nitrogens with one attached hydrogen (secondary N) is 1. The Kier molecular flexibility index (Phi) is 4.15. The van der Waals surface area contributed by atoms with Crippen molar-refractivity contribution in [2.45, 2.75) is 24.7 Å². The van der Waals surface area contributed by atoms with Crippen molar-refractivity contribution < 1.29 is 14.3 Å². The molecule has 2 amide bonds. The molecule has 1 spiro atoms. The molecule has 0 radical (unpaired) electrons. The molecule has 0 saturated carbocycles. The summed E-state index contributed by atoms with van der Waals surface area (Å²) in [6.45, 7) is 1.10. The summed E-state index contributed by atoms with van der Waals surface area (Å²) in [5.41, 5.74) is 2.43. The van der Waals surface area contributed by atoms with Gasteiger partial charge in [0.2, 0.25) is 11.8 Å². The molecule has 4 rings (SSSR count). The Morgan fingerprint density at radius 2 is 1.96 bits per heavy atom. The number of likely N-dealkylation sites (tertiary alicyclic amines) is 1. The van der Waals surface area contributed by atoms with Crippen molar-refractivity contribution in [3.63, 3.8) is 0 Å². The molecule has 5 heteroatoms. The molecule has 1 atom stereocenters. The predicted octanol–water partition coefficient (Wildman–Crippen LogP) is 2.75. The van der Waals surface area contributed by atoms with Crippen LogP contribution in [0.5, 0.6) is 5.75 Å². The molecule has 2 aromatic rings. The van der Waals surface area contributed by atoms with Crippen molar-refractivity contribution in [1.29, 1.82) is 0 Å². The lowest BCUT2D eigenvalue weighted by molar-refractivity contribution is -0.130. The third kappa shape index (κ3) is 2.73. The number of rotatable bonds is 4. The summed E-state index contributed by atoms with van der Waals surface area (Å²) >= 11 is 0. The zero-order chi connectivity index (χ0) is 18.1. The highest BCUT2D eigenvalue weighted by molar-refractivity contribution is 6.07. The molecule has 5 nitrogen and oxygen atoms in total. The van der Waals surface area contributed by atoms with Crippen LogP contribution in [0, 0.1) is 0 Å². The van der Waals surface area contributed by atoms with E-state index in [0.717, 1.165) is 22.6 Å². The number of hydrogen-bond acceptors (Lipinski definition) is 3. The molecule has 0 aliphatic carbocycles. The highest BCUT2D eigenvalue weighted by Gasteiger charge is 2.51. The van der Waals surface area contributed by atoms with Gasteiger partial charge in [0.25, 0.3) is 0 Å². The van der Waals surface area contributed by atoms with Gasteiger partial charge in [0.15, 0.2) is 0 Å². The summed E-state index contributed by atoms with van der Waals surface area (Å²) in [5.74, 6) is 0.937. The number of carbonyl (C=O) groups is 2. The van der Waals surface area contributed by atoms with Gasteiger partial charge in [0.1, 0.15) is 5.75 Å². The Labute approximate surface area is 153 Å². The van der Waals surface area contributed by atoms with Crippen LogP contribution in [0.25, 0.3) is 0 Å². The zero-order valence-corrected chi connectivity index (χ0v) is 14.8. The number of methoxy groups -OCH3 is 1. The Hall–Kier alpha value is -2.82. The lowest BCUT2D eigenvalue weighted by atomic mass is 9.81. The van der Waals surface area contributed by atoms with Crippen LogP contribution in [0.2, 0.25) is 0 Å². The molecular formula is C21H22N2O3. The van der Waals surface area contributed by atoms with Crippen LogP contribution in [0.1, 0.15) is 24.0 Å². The number of benzene rings is 2. The Morgan fingerprint density at radius 3 is 2.73 bits per heavy atom. The number of para-hydroxylation sites is 1. The maximum absolute atomic E-state index is 12.7. The molecular weight excluding hydrogens is 328 g/mol. The van der Waals surface area contributed by atoms with Crippen LogP contribution in [0.15, 0.2) is 48.5 Å². The van der Waals surface area contributed by atoms with Gasteiger partial charge in [-0.3, -0.25) is 9.59 Å². The molecule has 1 unspecified atom stereocenters. The average molecular weight is 350 g/mol. The molecule has 0 aromatic heterocycles. The van der Waals surface area contributed by atoms with E-state index in [1.54, 1.807) is 7.11 Å². The number of amides is 2. The third-order valence-electron chi connectivity index (χ3n) is 5.53. The predicted molar refractivity (Wildman–Crippen MR) is 99.3 cm³/mol. The second-order valence-corrected chi connectivity index (χ2v) is 7.00. The third-order valence-corrected chi connectivity index (χ3v) is 5.53. The fourth-order valence-electron chi connectivity index (χ4n) is 4.00. The molecule has 1 saturated heterocycles. The number of nitrogens with zero attached hydrogens (tertiary/aromatic N) is 1. The molecule has 2 heterocycles. The lowest BCUT2D eigenvalue weighted by Gasteiger charge is -2.22. The van der Waals surface area contributed by atoms with Gasteiger partial charge in [0.05, 0.1) is 12.5 Å². The van der Waals surface area contributed by atoms with Gasteiger partial charge in [-0.25, -0.2) is 0 Å². The van der Waals surface area contributed by atoms with Crippen LogP contribution in [-0.2, 0) is 21.4 Å². The number of ether oxygens (including phenoxy) is 1. The highest BCUT2D eigenvalue weighted by atomic mass is 16.5. The van der Waals surface area contributed by atoms with Crippen LogP contribution in [-0.4, -0.2) is 36.9 Å². The number of anilines is 1. The Balaban J connectivity index is 1.42. The molecule has 2 aliphatic heterocycles. The van der Waals surface area contributed by atoms with Gasteiger partial charge in [-0.15, -0.1) is 0 Å². The van der Waals surface area contributed by atoms with Crippen LogP contribution in [0.4, 0.5) is 5.69 Å². The van der Waals surface area contributed by atoms with E-state index >= 15 is 0 Å². The Bertz CT molecular complexity index is 847. The topological polar surface area (TPSA) is 58.6 Å². The monoisotopic (exact) mass is 350 g/mol. The summed E-state index contributed by atoms with van der Waals surface area (Å²) in [5, 5.41) is 2.97. The summed E-state index contributed by atoms with van der Waals surface area (Å²) in [6.07, 6.45) is 1.82. The molecule has 134 valence electrons. The van der Waals surface area contributed by atoms with E-state index in [4.69, 9.17) is 4.74 Å². The second kappa shape index (κ2) is 6.48. The van der Waals surface area contributed by atoms with Crippen molar-refractivity contribution in [1.82, 2.24) is 4.90 Å². The molecule has 1 N–H and O–H groups in total. The maximum atomic E-state index is 12.7. The average Bonchev–Trinajstić information content (AvgIpc) is 3.24. The van der Waals surface area contributed by atoms with Crippen LogP contribution in [0.3, 0.4) is 0 Å². The minimum atomic E-state index is -0.577. The summed E-state index contributed by atoms with van der Waals surface area (Å²) in [4.78, 5) is 27.1. The van der Waals surface area contributed by atoms with Gasteiger partial charge in [0, 0.05) is 25.2 Å². The first-order chi connectivity index (χ1) is 12.6. The van der Waals surface area contributed by atoms with E-state index in [2.05, 4.69) is 5.32 Å². The number of hydrogen-bond donors (Lipinski definition) is 1. The van der Waals surface area contributed by atoms with Gasteiger partial charge in [-0.1, -0.05) is 30.3 Å². The molecule has 1 fully saturated rings. The number of fused-ring (bicyclic) bond motifs is 2. The van der Waals surface area contributed by atoms with Crippen molar-refractivity contribution in [2.75, 3.05) is 25.5 Å². The first-order valence-corrected chi connectivity index (χ1v) is 8.94. The fourth-order valence-corrected chi connectivity index (χ4v) is 4.00. The molecule has 2 aliphatic rings. The number of carbonyl (C=O) groups excluding carboxylic acids is 2. The SMILES string of the molecule is COc1ccc(CCC(=O)N2CCC3(C2)C(=O)Nc2ccccc23)cc1. The van der Waals surface area contributed by atoms with E-state index < -0.39 is 5.41 Å². The maximum Gasteiger partial charge on any atom is 0.236 e. The van der Waals surface area contributed by atoms with Gasteiger partial charge >= 0.3 is 0 Å². The van der Waals surface area contributed by atoms with Gasteiger partial charge < -0.3 is 15.0 Å². The fraction of sp³-hybridized carbons (Fsp3) is 0.333. The van der Waals surface area contributed by atoms with Crippen molar-refractivity contribution in [3.8, 4) is 5.75 Å². The van der Waals surface area contributed by atoms with E-state index in [1.165, 1.54) is 0 Å². The van der Waals surface area contributed by atoms with Crippen LogP contribution >= 0.6 is 0 Å². The largest absolute Gasteiger partial charge is 0.497 e. The summed E-state index contributed by atoms with van der Waals surface area (Å²) in [6, 6.07) is 15.6. The normalized spacial score (nSPS) is 21.0. The van der Waals surface area contributed by atoms with Crippen molar-refractivity contribution >= 4 is 17.5 Å². The smallest absolute Gasteiger partial charge is 0.236 e. The van der Waals surface area contributed by atoms with E-state index in [0.29, 0.717) is 32.4 Å². The van der Waals surface area contributed by atoms with Crippen LogP contribution < -0.4 is 10.1 Å². The highest BCUT2D eigenvalue weighted by Crippen LogP contribution is 2.44. The quantitative estimate of drug-likeness (QED) is 0.922. The molecule has 2 aromatic carbocycles. The summed E-state index contributed by atoms with van der Waals surface area (Å²) in [7, 11) is 1.64. The van der Waals surface area contributed by atoms with Gasteiger partial charge in [-0.2, -0.15) is 0 Å². The molecule has 0 bridgehead atoms.